The predicted molar refractivity (Wildman–Crippen MR) is 87.3 cm³/mol. The Kier molecular flexibility index (Phi) is 3.81. The molecule has 112 valence electrons. The number of anilines is 3. The predicted octanol–water partition coefficient (Wildman–Crippen LogP) is 3.13. The molecular formula is C13H17N5OS2. The molecule has 2 aromatic heterocycles. The molecule has 0 spiro atoms. The van der Waals surface area contributed by atoms with Crippen molar-refractivity contribution in [1.29, 1.82) is 0 Å². The summed E-state index contributed by atoms with van der Waals surface area (Å²) in [5.74, 6) is 0.584. The third-order valence-corrected chi connectivity index (χ3v) is 4.79. The highest BCUT2D eigenvalue weighted by molar-refractivity contribution is 7.18. The van der Waals surface area contributed by atoms with Gasteiger partial charge in [-0.2, -0.15) is 0 Å². The van der Waals surface area contributed by atoms with E-state index < -0.39 is 0 Å². The summed E-state index contributed by atoms with van der Waals surface area (Å²) < 4.78 is 0. The Balaban J connectivity index is 1.70. The SMILES string of the molecule is CC(C)Nc1nc(N)c(C(=O)Nc2nc(C3CC3)cs2)s1. The van der Waals surface area contributed by atoms with E-state index in [0.717, 1.165) is 5.69 Å². The molecule has 0 bridgehead atoms. The first-order valence-corrected chi connectivity index (χ1v) is 8.52. The lowest BCUT2D eigenvalue weighted by atomic mass is 10.3. The highest BCUT2D eigenvalue weighted by Crippen LogP contribution is 2.41. The molecule has 0 atom stereocenters. The standard InChI is InChI=1S/C13H17N5OS2/c1-6(2)15-13-17-10(14)9(21-13)11(19)18-12-16-8(5-20-12)7-3-4-7/h5-7H,3-4,14H2,1-2H3,(H,15,17)(H,16,18,19). The van der Waals surface area contributed by atoms with Crippen molar-refractivity contribution in [2.45, 2.75) is 38.6 Å². The molecule has 0 radical (unpaired) electrons. The van der Waals surface area contributed by atoms with Crippen molar-refractivity contribution in [2.24, 2.45) is 0 Å². The van der Waals surface area contributed by atoms with E-state index in [9.17, 15) is 4.79 Å². The maximum Gasteiger partial charge on any atom is 0.271 e. The van der Waals surface area contributed by atoms with Gasteiger partial charge < -0.3 is 11.1 Å². The van der Waals surface area contributed by atoms with Crippen LogP contribution in [0, 0.1) is 0 Å². The zero-order valence-electron chi connectivity index (χ0n) is 11.8. The fourth-order valence-corrected chi connectivity index (χ4v) is 3.58. The minimum Gasteiger partial charge on any atom is -0.382 e. The van der Waals surface area contributed by atoms with Crippen LogP contribution < -0.4 is 16.4 Å². The summed E-state index contributed by atoms with van der Waals surface area (Å²) in [6.07, 6.45) is 2.40. The van der Waals surface area contributed by atoms with E-state index in [-0.39, 0.29) is 17.8 Å². The number of aromatic nitrogens is 2. The smallest absolute Gasteiger partial charge is 0.271 e. The van der Waals surface area contributed by atoms with Gasteiger partial charge in [-0.1, -0.05) is 11.3 Å². The summed E-state index contributed by atoms with van der Waals surface area (Å²) in [5, 5.41) is 9.23. The number of nitrogens with one attached hydrogen (secondary N) is 2. The van der Waals surface area contributed by atoms with Crippen molar-refractivity contribution in [3.05, 3.63) is 16.0 Å². The molecule has 0 aromatic carbocycles. The zero-order valence-corrected chi connectivity index (χ0v) is 13.5. The van der Waals surface area contributed by atoms with E-state index >= 15 is 0 Å². The van der Waals surface area contributed by atoms with E-state index in [1.54, 1.807) is 0 Å². The van der Waals surface area contributed by atoms with Gasteiger partial charge in [0.2, 0.25) is 0 Å². The number of hydrogen-bond acceptors (Lipinski definition) is 7. The second-order valence-corrected chi connectivity index (χ2v) is 7.20. The van der Waals surface area contributed by atoms with Crippen LogP contribution in [0.1, 0.15) is 48.0 Å². The lowest BCUT2D eigenvalue weighted by Crippen LogP contribution is -2.12. The normalized spacial score (nSPS) is 14.4. The molecule has 1 amide bonds. The first kappa shape index (κ1) is 14.3. The molecule has 1 aliphatic rings. The van der Waals surface area contributed by atoms with E-state index in [0.29, 0.717) is 21.1 Å². The molecule has 8 heteroatoms. The molecule has 1 aliphatic carbocycles. The van der Waals surface area contributed by atoms with Crippen molar-refractivity contribution in [1.82, 2.24) is 9.97 Å². The fourth-order valence-electron chi connectivity index (χ4n) is 1.87. The first-order valence-electron chi connectivity index (χ1n) is 6.82. The number of rotatable bonds is 5. The maximum atomic E-state index is 12.2. The molecule has 4 N–H and O–H groups in total. The molecule has 2 heterocycles. The quantitative estimate of drug-likeness (QED) is 0.786. The second kappa shape index (κ2) is 5.61. The van der Waals surface area contributed by atoms with Crippen LogP contribution in [0.3, 0.4) is 0 Å². The minimum atomic E-state index is -0.251. The molecule has 3 rings (SSSR count). The summed E-state index contributed by atoms with van der Waals surface area (Å²) in [7, 11) is 0. The summed E-state index contributed by atoms with van der Waals surface area (Å²) >= 11 is 2.71. The van der Waals surface area contributed by atoms with Crippen molar-refractivity contribution < 1.29 is 4.79 Å². The molecule has 1 saturated carbocycles. The van der Waals surface area contributed by atoms with Crippen LogP contribution in [0.2, 0.25) is 0 Å². The molecule has 2 aromatic rings. The van der Waals surface area contributed by atoms with Gasteiger partial charge in [0, 0.05) is 17.3 Å². The molecule has 6 nitrogen and oxygen atoms in total. The van der Waals surface area contributed by atoms with Gasteiger partial charge in [0.1, 0.15) is 10.7 Å². The Labute approximate surface area is 130 Å². The van der Waals surface area contributed by atoms with Gasteiger partial charge in [-0.3, -0.25) is 10.1 Å². The number of nitrogens with two attached hydrogens (primary N) is 1. The van der Waals surface area contributed by atoms with Gasteiger partial charge >= 0.3 is 0 Å². The minimum absolute atomic E-state index is 0.242. The van der Waals surface area contributed by atoms with Crippen molar-refractivity contribution in [3.63, 3.8) is 0 Å². The summed E-state index contributed by atoms with van der Waals surface area (Å²) in [5.41, 5.74) is 6.90. The molecule has 21 heavy (non-hydrogen) atoms. The number of carbonyl (C=O) groups is 1. The molecule has 0 aliphatic heterocycles. The summed E-state index contributed by atoms with van der Waals surface area (Å²) in [4.78, 5) is 21.3. The number of nitrogen functional groups attached to an aromatic ring is 1. The summed E-state index contributed by atoms with van der Waals surface area (Å²) in [6.45, 7) is 4.01. The third-order valence-electron chi connectivity index (χ3n) is 3.01. The fraction of sp³-hybridized carbons (Fsp3) is 0.462. The Hall–Kier alpha value is -1.67. The van der Waals surface area contributed by atoms with Crippen LogP contribution in [0.4, 0.5) is 16.1 Å². The average molecular weight is 323 g/mol. The highest BCUT2D eigenvalue weighted by Gasteiger charge is 2.26. The van der Waals surface area contributed by atoms with Crippen LogP contribution in [-0.4, -0.2) is 21.9 Å². The zero-order chi connectivity index (χ0) is 15.0. The lowest BCUT2D eigenvalue weighted by Gasteiger charge is -2.03. The van der Waals surface area contributed by atoms with Gasteiger partial charge in [0.25, 0.3) is 5.91 Å². The number of carbonyl (C=O) groups excluding carboxylic acids is 1. The van der Waals surface area contributed by atoms with Gasteiger partial charge in [0.05, 0.1) is 5.69 Å². The van der Waals surface area contributed by atoms with Crippen LogP contribution in [0.15, 0.2) is 5.38 Å². The first-order chi connectivity index (χ1) is 10.0. The van der Waals surface area contributed by atoms with E-state index in [2.05, 4.69) is 20.6 Å². The van der Waals surface area contributed by atoms with Crippen LogP contribution >= 0.6 is 22.7 Å². The van der Waals surface area contributed by atoms with Crippen LogP contribution in [-0.2, 0) is 0 Å². The number of hydrogen-bond donors (Lipinski definition) is 3. The number of amides is 1. The Morgan fingerprint density at radius 1 is 1.38 bits per heavy atom. The lowest BCUT2D eigenvalue weighted by molar-refractivity contribution is 0.103. The van der Waals surface area contributed by atoms with Crippen LogP contribution in [0.25, 0.3) is 0 Å². The van der Waals surface area contributed by atoms with E-state index in [1.165, 1.54) is 35.5 Å². The average Bonchev–Trinajstić information content (AvgIpc) is 3.05. The largest absolute Gasteiger partial charge is 0.382 e. The maximum absolute atomic E-state index is 12.2. The number of nitrogens with zero attached hydrogens (tertiary/aromatic N) is 2. The Morgan fingerprint density at radius 3 is 2.81 bits per heavy atom. The third kappa shape index (κ3) is 3.33. The second-order valence-electron chi connectivity index (χ2n) is 5.34. The van der Waals surface area contributed by atoms with E-state index in [1.807, 2.05) is 19.2 Å². The van der Waals surface area contributed by atoms with E-state index in [4.69, 9.17) is 5.73 Å². The van der Waals surface area contributed by atoms with Crippen LogP contribution in [0.5, 0.6) is 0 Å². The molecule has 0 unspecified atom stereocenters. The topological polar surface area (TPSA) is 92.9 Å². The summed E-state index contributed by atoms with van der Waals surface area (Å²) in [6, 6.07) is 0.242. The molecular weight excluding hydrogens is 306 g/mol. The number of thiazole rings is 2. The van der Waals surface area contributed by atoms with Crippen molar-refractivity contribution >= 4 is 44.7 Å². The Bertz CT molecular complexity index is 659. The van der Waals surface area contributed by atoms with Crippen molar-refractivity contribution in [2.75, 3.05) is 16.4 Å². The van der Waals surface area contributed by atoms with Gasteiger partial charge in [-0.25, -0.2) is 9.97 Å². The highest BCUT2D eigenvalue weighted by atomic mass is 32.1. The van der Waals surface area contributed by atoms with Gasteiger partial charge in [0.15, 0.2) is 10.3 Å². The van der Waals surface area contributed by atoms with Crippen molar-refractivity contribution in [3.8, 4) is 0 Å². The molecule has 0 saturated heterocycles. The monoisotopic (exact) mass is 323 g/mol. The van der Waals surface area contributed by atoms with Gasteiger partial charge in [-0.15, -0.1) is 11.3 Å². The Morgan fingerprint density at radius 2 is 2.14 bits per heavy atom. The van der Waals surface area contributed by atoms with Gasteiger partial charge in [-0.05, 0) is 26.7 Å². The molecule has 1 fully saturated rings.